The van der Waals surface area contributed by atoms with Crippen molar-refractivity contribution in [2.24, 2.45) is 23.0 Å². The summed E-state index contributed by atoms with van der Waals surface area (Å²) in [5.74, 6) is -0.548. The van der Waals surface area contributed by atoms with Crippen molar-refractivity contribution in [3.63, 3.8) is 0 Å². The highest BCUT2D eigenvalue weighted by atomic mass is 32.1. The molecule has 0 saturated carbocycles. The first-order chi connectivity index (χ1) is 16.9. The number of hydrogen-bond acceptors (Lipinski definition) is 9. The van der Waals surface area contributed by atoms with Gasteiger partial charge in [0.2, 0.25) is 0 Å². The van der Waals surface area contributed by atoms with Gasteiger partial charge in [-0.2, -0.15) is 0 Å². The van der Waals surface area contributed by atoms with Crippen molar-refractivity contribution in [3.05, 3.63) is 21.7 Å². The molecule has 36 heavy (non-hydrogen) atoms. The zero-order valence-electron chi connectivity index (χ0n) is 22.2. The van der Waals surface area contributed by atoms with Gasteiger partial charge < -0.3 is 25.4 Å². The van der Waals surface area contributed by atoms with E-state index in [0.29, 0.717) is 31.7 Å². The quantitative estimate of drug-likeness (QED) is 0.403. The zero-order chi connectivity index (χ0) is 26.7. The SMILES string of the molecule is CC(=Cc1csc(CN)n1)[C@@H]1C[C@@H]2O[C@@]2(CO)CCC[C@H](C)C[C@@H](C)C(=O)C(C)(C)[C@@H](O)CC(=O)O1. The van der Waals surface area contributed by atoms with E-state index < -0.39 is 29.2 Å². The molecule has 4 N–H and O–H groups in total. The molecule has 3 heterocycles. The van der Waals surface area contributed by atoms with Crippen molar-refractivity contribution in [1.29, 1.82) is 0 Å². The highest BCUT2D eigenvalue weighted by Crippen LogP contribution is 2.45. The summed E-state index contributed by atoms with van der Waals surface area (Å²) >= 11 is 1.47. The minimum Gasteiger partial charge on any atom is -0.458 e. The number of carbonyl (C=O) groups is 2. The van der Waals surface area contributed by atoms with Crippen molar-refractivity contribution in [1.82, 2.24) is 4.98 Å². The number of nitrogens with two attached hydrogens (primary N) is 1. The lowest BCUT2D eigenvalue weighted by atomic mass is 9.74. The lowest BCUT2D eigenvalue weighted by Crippen LogP contribution is -2.42. The Labute approximate surface area is 218 Å². The fourth-order valence-corrected chi connectivity index (χ4v) is 5.91. The van der Waals surface area contributed by atoms with Crippen LogP contribution in [0.15, 0.2) is 11.0 Å². The molecule has 6 atom stereocenters. The van der Waals surface area contributed by atoms with Crippen molar-refractivity contribution in [2.75, 3.05) is 6.61 Å². The van der Waals surface area contributed by atoms with Gasteiger partial charge in [-0.3, -0.25) is 9.59 Å². The number of Topliss-reactive ketones (excluding diaryl/α,β-unsaturated/α-hetero) is 1. The first kappa shape index (κ1) is 28.9. The van der Waals surface area contributed by atoms with Crippen LogP contribution in [0.3, 0.4) is 0 Å². The Morgan fingerprint density at radius 1 is 1.31 bits per heavy atom. The minimum absolute atomic E-state index is 0.0500. The molecule has 0 spiro atoms. The van der Waals surface area contributed by atoms with Crippen LogP contribution >= 0.6 is 11.3 Å². The Kier molecular flexibility index (Phi) is 9.49. The van der Waals surface area contributed by atoms with Crippen molar-refractivity contribution >= 4 is 29.2 Å². The number of rotatable bonds is 4. The highest BCUT2D eigenvalue weighted by molar-refractivity contribution is 7.09. The molecule has 0 radical (unpaired) electrons. The number of fused-ring (bicyclic) bond motifs is 1. The Balaban J connectivity index is 1.86. The van der Waals surface area contributed by atoms with Crippen LogP contribution in [0.25, 0.3) is 6.08 Å². The number of nitrogens with zero attached hydrogens (tertiary/aromatic N) is 1. The van der Waals surface area contributed by atoms with Crippen LogP contribution < -0.4 is 5.73 Å². The Morgan fingerprint density at radius 2 is 2.03 bits per heavy atom. The van der Waals surface area contributed by atoms with E-state index in [1.807, 2.05) is 25.3 Å². The number of thiazole rings is 1. The smallest absolute Gasteiger partial charge is 0.309 e. The van der Waals surface area contributed by atoms with E-state index in [9.17, 15) is 19.8 Å². The first-order valence-corrected chi connectivity index (χ1v) is 13.8. The molecule has 202 valence electrons. The first-order valence-electron chi connectivity index (χ1n) is 12.9. The molecule has 1 aromatic rings. The summed E-state index contributed by atoms with van der Waals surface area (Å²) in [4.78, 5) is 30.6. The third-order valence-electron chi connectivity index (χ3n) is 7.83. The van der Waals surface area contributed by atoms with Gasteiger partial charge in [-0.1, -0.05) is 40.5 Å². The Hall–Kier alpha value is -1.65. The van der Waals surface area contributed by atoms with Gasteiger partial charge in [0.25, 0.3) is 0 Å². The third-order valence-corrected chi connectivity index (χ3v) is 8.72. The average molecular weight is 523 g/mol. The van der Waals surface area contributed by atoms with Crippen molar-refractivity contribution in [3.8, 4) is 0 Å². The number of epoxide rings is 1. The summed E-state index contributed by atoms with van der Waals surface area (Å²) < 4.78 is 11.9. The molecule has 0 aliphatic carbocycles. The van der Waals surface area contributed by atoms with Crippen LogP contribution in [0.2, 0.25) is 0 Å². The van der Waals surface area contributed by atoms with Crippen molar-refractivity contribution in [2.45, 2.75) is 104 Å². The second-order valence-corrected chi connectivity index (χ2v) is 12.2. The topological polar surface area (TPSA) is 135 Å². The Bertz CT molecular complexity index is 960. The molecular weight excluding hydrogens is 480 g/mol. The molecule has 2 aliphatic heterocycles. The van der Waals surface area contributed by atoms with E-state index in [4.69, 9.17) is 15.2 Å². The molecule has 0 amide bonds. The fourth-order valence-electron chi connectivity index (χ4n) is 5.28. The molecule has 3 rings (SSSR count). The normalized spacial score (nSPS) is 34.7. The number of esters is 1. The number of hydrogen-bond donors (Lipinski definition) is 3. The number of carbonyl (C=O) groups excluding carboxylic acids is 2. The van der Waals surface area contributed by atoms with E-state index >= 15 is 0 Å². The molecule has 8 nitrogen and oxygen atoms in total. The third kappa shape index (κ3) is 6.81. The number of ketones is 1. The van der Waals surface area contributed by atoms with Gasteiger partial charge >= 0.3 is 5.97 Å². The van der Waals surface area contributed by atoms with Crippen molar-refractivity contribution < 1.29 is 29.3 Å². The second-order valence-electron chi connectivity index (χ2n) is 11.2. The van der Waals surface area contributed by atoms with Gasteiger partial charge in [0.1, 0.15) is 22.5 Å². The van der Waals surface area contributed by atoms with Gasteiger partial charge in [-0.15, -0.1) is 11.3 Å². The van der Waals surface area contributed by atoms with Crippen LogP contribution in [-0.4, -0.2) is 57.5 Å². The van der Waals surface area contributed by atoms with Gasteiger partial charge in [0, 0.05) is 24.3 Å². The molecule has 9 heteroatoms. The zero-order valence-corrected chi connectivity index (χ0v) is 23.0. The molecule has 0 aromatic carbocycles. The van der Waals surface area contributed by atoms with Gasteiger partial charge in [-0.05, 0) is 37.3 Å². The largest absolute Gasteiger partial charge is 0.458 e. The predicted octanol–water partition coefficient (Wildman–Crippen LogP) is 3.63. The average Bonchev–Trinajstić information content (AvgIpc) is 3.30. The number of cyclic esters (lactones) is 1. The van der Waals surface area contributed by atoms with E-state index in [1.54, 1.807) is 13.8 Å². The van der Waals surface area contributed by atoms with E-state index in [0.717, 1.165) is 29.1 Å². The van der Waals surface area contributed by atoms with Crippen LogP contribution in [0, 0.1) is 17.3 Å². The lowest BCUT2D eigenvalue weighted by molar-refractivity contribution is -0.153. The molecule has 1 aromatic heterocycles. The molecule has 2 saturated heterocycles. The van der Waals surface area contributed by atoms with Gasteiger partial charge in [-0.25, -0.2) is 4.98 Å². The van der Waals surface area contributed by atoms with Crippen LogP contribution in [0.5, 0.6) is 0 Å². The maximum Gasteiger partial charge on any atom is 0.309 e. The number of ether oxygens (including phenoxy) is 2. The number of aliphatic hydroxyl groups is 2. The highest BCUT2D eigenvalue weighted by Gasteiger charge is 2.56. The number of aromatic nitrogens is 1. The summed E-state index contributed by atoms with van der Waals surface area (Å²) in [5.41, 5.74) is 5.51. The molecule has 2 aliphatic rings. The molecule has 2 fully saturated rings. The van der Waals surface area contributed by atoms with E-state index in [1.165, 1.54) is 11.3 Å². The van der Waals surface area contributed by atoms with Crippen LogP contribution in [0.1, 0.15) is 83.8 Å². The van der Waals surface area contributed by atoms with Gasteiger partial charge in [0.05, 0.1) is 36.3 Å². The molecular formula is C27H42N2O6S. The maximum absolute atomic E-state index is 13.2. The number of aliphatic hydroxyl groups excluding tert-OH is 2. The summed E-state index contributed by atoms with van der Waals surface area (Å²) in [6.07, 6.45) is 3.18. The van der Waals surface area contributed by atoms with E-state index in [-0.39, 0.29) is 30.8 Å². The minimum atomic E-state index is -1.16. The fraction of sp³-hybridized carbons (Fsp3) is 0.741. The summed E-state index contributed by atoms with van der Waals surface area (Å²) in [7, 11) is 0. The van der Waals surface area contributed by atoms with Crippen LogP contribution in [0.4, 0.5) is 0 Å². The summed E-state index contributed by atoms with van der Waals surface area (Å²) in [6, 6.07) is 0. The van der Waals surface area contributed by atoms with E-state index in [2.05, 4.69) is 11.9 Å². The predicted molar refractivity (Wildman–Crippen MR) is 139 cm³/mol. The van der Waals surface area contributed by atoms with Gasteiger partial charge in [0.15, 0.2) is 0 Å². The molecule has 0 bridgehead atoms. The maximum atomic E-state index is 13.2. The summed E-state index contributed by atoms with van der Waals surface area (Å²) in [6.45, 7) is 9.55. The Morgan fingerprint density at radius 3 is 2.67 bits per heavy atom. The van der Waals surface area contributed by atoms with Crippen LogP contribution in [-0.2, 0) is 25.6 Å². The standard InChI is InChI=1S/C27H42N2O6S/c1-16-7-6-8-27(15-30)22(35-27)11-20(17(2)10-19-14-36-23(13-28)29-19)34-24(32)12-21(31)26(4,5)25(33)18(3)9-16/h10,14,16,18,20-22,30-31H,6-9,11-13,15,28H2,1-5H3/t16-,18+,20-,21-,22-,27+/m0/s1. The molecule has 0 unspecified atom stereocenters. The monoisotopic (exact) mass is 522 g/mol. The second kappa shape index (κ2) is 11.8. The lowest BCUT2D eigenvalue weighted by Gasteiger charge is -2.32. The summed E-state index contributed by atoms with van der Waals surface area (Å²) in [5, 5.41) is 23.7.